The van der Waals surface area contributed by atoms with E-state index in [0.717, 1.165) is 40.7 Å². The molecule has 3 heteroatoms. The third-order valence-electron chi connectivity index (χ3n) is 2.69. The van der Waals surface area contributed by atoms with Gasteiger partial charge in [-0.15, -0.1) is 0 Å². The largest absolute Gasteiger partial charge is 0.390 e. The first-order valence-corrected chi connectivity index (χ1v) is 5.92. The highest BCUT2D eigenvalue weighted by Crippen LogP contribution is 2.39. The van der Waals surface area contributed by atoms with Gasteiger partial charge in [0.25, 0.3) is 0 Å². The van der Waals surface area contributed by atoms with Crippen molar-refractivity contribution in [3.8, 4) is 0 Å². The molecule has 1 fully saturated rings. The molecule has 0 radical (unpaired) electrons. The quantitative estimate of drug-likeness (QED) is 0.894. The second-order valence-electron chi connectivity index (χ2n) is 3.96. The molecule has 14 heavy (non-hydrogen) atoms. The molecule has 1 nitrogen and oxygen atoms in total. The van der Waals surface area contributed by atoms with Gasteiger partial charge in [0.1, 0.15) is 0 Å². The van der Waals surface area contributed by atoms with Crippen LogP contribution in [0.5, 0.6) is 0 Å². The molecule has 1 saturated carbocycles. The first-order chi connectivity index (χ1) is 6.59. The number of benzene rings is 1. The summed E-state index contributed by atoms with van der Waals surface area (Å²) in [5, 5.41) is 10.5. The molecule has 1 aliphatic rings. The highest BCUT2D eigenvalue weighted by Gasteiger charge is 2.39. The summed E-state index contributed by atoms with van der Waals surface area (Å²) in [6.45, 7) is 0. The summed E-state index contributed by atoms with van der Waals surface area (Å²) >= 11 is 9.45. The summed E-state index contributed by atoms with van der Waals surface area (Å²) in [4.78, 5) is 0. The molecule has 0 saturated heterocycles. The Labute approximate surface area is 97.2 Å². The summed E-state index contributed by atoms with van der Waals surface area (Å²) in [5.41, 5.74) is 0.729. The lowest BCUT2D eigenvalue weighted by atomic mass is 10.1. The number of rotatable bonds is 3. The fourth-order valence-corrected chi connectivity index (χ4v) is 2.12. The first-order valence-electron chi connectivity index (χ1n) is 4.75. The molecule has 0 heterocycles. The van der Waals surface area contributed by atoms with Crippen molar-refractivity contribution in [1.82, 2.24) is 0 Å². The van der Waals surface area contributed by atoms with Crippen molar-refractivity contribution in [2.75, 3.05) is 0 Å². The third kappa shape index (κ3) is 2.50. The van der Waals surface area contributed by atoms with Crippen molar-refractivity contribution >= 4 is 27.5 Å². The highest BCUT2D eigenvalue weighted by atomic mass is 79.9. The SMILES string of the molecule is OC1(CCc2cc(Br)ccc2Cl)CC1. The fraction of sp³-hybridized carbons (Fsp3) is 0.455. The van der Waals surface area contributed by atoms with E-state index in [0.29, 0.717) is 0 Å². The van der Waals surface area contributed by atoms with Gasteiger partial charge in [0.05, 0.1) is 5.60 Å². The van der Waals surface area contributed by atoms with Crippen molar-refractivity contribution in [2.24, 2.45) is 0 Å². The Bertz CT molecular complexity index is 347. The minimum Gasteiger partial charge on any atom is -0.390 e. The Balaban J connectivity index is 2.04. The molecule has 0 aromatic heterocycles. The molecule has 0 atom stereocenters. The minimum atomic E-state index is -0.383. The average molecular weight is 276 g/mol. The predicted octanol–water partition coefficient (Wildman–Crippen LogP) is 3.56. The van der Waals surface area contributed by atoms with E-state index in [2.05, 4.69) is 15.9 Å². The second kappa shape index (κ2) is 3.84. The van der Waals surface area contributed by atoms with Gasteiger partial charge >= 0.3 is 0 Å². The molecular formula is C11H12BrClO. The van der Waals surface area contributed by atoms with Crippen LogP contribution < -0.4 is 0 Å². The molecule has 0 aliphatic heterocycles. The number of aliphatic hydroxyl groups is 1. The number of halogens is 2. The van der Waals surface area contributed by atoms with Crippen LogP contribution in [0, 0.1) is 0 Å². The summed E-state index contributed by atoms with van der Waals surface area (Å²) < 4.78 is 1.04. The fourth-order valence-electron chi connectivity index (χ4n) is 1.50. The monoisotopic (exact) mass is 274 g/mol. The van der Waals surface area contributed by atoms with Gasteiger partial charge in [-0.2, -0.15) is 0 Å². The topological polar surface area (TPSA) is 20.2 Å². The van der Waals surface area contributed by atoms with Crippen molar-refractivity contribution in [1.29, 1.82) is 0 Å². The molecule has 0 spiro atoms. The lowest BCUT2D eigenvalue weighted by Crippen LogP contribution is -2.07. The molecule has 0 unspecified atom stereocenters. The Morgan fingerprint density at radius 1 is 1.43 bits per heavy atom. The molecule has 0 amide bonds. The standard InChI is InChI=1S/C11H12BrClO/c12-9-1-2-10(13)8(7-9)3-4-11(14)5-6-11/h1-2,7,14H,3-6H2. The summed E-state index contributed by atoms with van der Waals surface area (Å²) in [7, 11) is 0. The molecule has 1 aromatic rings. The summed E-state index contributed by atoms with van der Waals surface area (Å²) in [6.07, 6.45) is 3.56. The van der Waals surface area contributed by atoms with Crippen LogP contribution in [0.15, 0.2) is 22.7 Å². The maximum Gasteiger partial charge on any atom is 0.0653 e. The van der Waals surface area contributed by atoms with Crippen LogP contribution in [-0.2, 0) is 6.42 Å². The first kappa shape index (κ1) is 10.5. The highest BCUT2D eigenvalue weighted by molar-refractivity contribution is 9.10. The molecule has 76 valence electrons. The minimum absolute atomic E-state index is 0.383. The Morgan fingerprint density at radius 3 is 2.79 bits per heavy atom. The van der Waals surface area contributed by atoms with Crippen LogP contribution >= 0.6 is 27.5 Å². The molecule has 2 rings (SSSR count). The lowest BCUT2D eigenvalue weighted by Gasteiger charge is -2.08. The van der Waals surface area contributed by atoms with Gasteiger partial charge in [0.2, 0.25) is 0 Å². The maximum absolute atomic E-state index is 9.70. The van der Waals surface area contributed by atoms with Gasteiger partial charge in [-0.05, 0) is 49.4 Å². The van der Waals surface area contributed by atoms with Crippen LogP contribution in [0.3, 0.4) is 0 Å². The van der Waals surface area contributed by atoms with Crippen molar-refractivity contribution in [3.63, 3.8) is 0 Å². The van der Waals surface area contributed by atoms with Crippen LogP contribution in [0.4, 0.5) is 0 Å². The van der Waals surface area contributed by atoms with Crippen LogP contribution in [0.1, 0.15) is 24.8 Å². The molecule has 1 aromatic carbocycles. The summed E-state index contributed by atoms with van der Waals surface area (Å²) in [6, 6.07) is 5.84. The predicted molar refractivity (Wildman–Crippen MR) is 61.7 cm³/mol. The van der Waals surface area contributed by atoms with Gasteiger partial charge in [-0.25, -0.2) is 0 Å². The van der Waals surface area contributed by atoms with Gasteiger partial charge in [0, 0.05) is 9.50 Å². The van der Waals surface area contributed by atoms with Crippen LogP contribution in [-0.4, -0.2) is 10.7 Å². The zero-order valence-corrected chi connectivity index (χ0v) is 10.1. The van der Waals surface area contributed by atoms with E-state index in [1.165, 1.54) is 0 Å². The van der Waals surface area contributed by atoms with E-state index in [9.17, 15) is 5.11 Å². The van der Waals surface area contributed by atoms with E-state index in [1.54, 1.807) is 0 Å². The van der Waals surface area contributed by atoms with Gasteiger partial charge < -0.3 is 5.11 Å². The smallest absolute Gasteiger partial charge is 0.0653 e. The molecule has 0 bridgehead atoms. The second-order valence-corrected chi connectivity index (χ2v) is 5.28. The normalized spacial score (nSPS) is 18.2. The van der Waals surface area contributed by atoms with Crippen molar-refractivity contribution < 1.29 is 5.11 Å². The van der Waals surface area contributed by atoms with E-state index >= 15 is 0 Å². The molecule has 1 aliphatic carbocycles. The molecular weight excluding hydrogens is 263 g/mol. The van der Waals surface area contributed by atoms with Crippen molar-refractivity contribution in [2.45, 2.75) is 31.3 Å². The van der Waals surface area contributed by atoms with Crippen LogP contribution in [0.2, 0.25) is 5.02 Å². The third-order valence-corrected chi connectivity index (χ3v) is 3.56. The van der Waals surface area contributed by atoms with E-state index in [-0.39, 0.29) is 5.60 Å². The maximum atomic E-state index is 9.70. The number of hydrogen-bond donors (Lipinski definition) is 1. The van der Waals surface area contributed by atoms with Gasteiger partial charge in [0.15, 0.2) is 0 Å². The Kier molecular flexibility index (Phi) is 2.87. The van der Waals surface area contributed by atoms with E-state index in [4.69, 9.17) is 11.6 Å². The lowest BCUT2D eigenvalue weighted by molar-refractivity contribution is 0.140. The van der Waals surface area contributed by atoms with Crippen molar-refractivity contribution in [3.05, 3.63) is 33.3 Å². The zero-order valence-electron chi connectivity index (χ0n) is 7.76. The zero-order chi connectivity index (χ0) is 10.2. The molecule has 1 N–H and O–H groups in total. The Morgan fingerprint density at radius 2 is 2.14 bits per heavy atom. The average Bonchev–Trinajstić information content (AvgIpc) is 2.87. The summed E-state index contributed by atoms with van der Waals surface area (Å²) in [5.74, 6) is 0. The van der Waals surface area contributed by atoms with Gasteiger partial charge in [-0.1, -0.05) is 27.5 Å². The van der Waals surface area contributed by atoms with E-state index < -0.39 is 0 Å². The Hall–Kier alpha value is -0.0500. The van der Waals surface area contributed by atoms with Gasteiger partial charge in [-0.3, -0.25) is 0 Å². The van der Waals surface area contributed by atoms with Crippen LogP contribution in [0.25, 0.3) is 0 Å². The number of aryl methyl sites for hydroxylation is 1. The number of hydrogen-bond acceptors (Lipinski definition) is 1. The van der Waals surface area contributed by atoms with E-state index in [1.807, 2.05) is 18.2 Å².